The van der Waals surface area contributed by atoms with Gasteiger partial charge in [-0.3, -0.25) is 9.59 Å². The van der Waals surface area contributed by atoms with E-state index in [9.17, 15) is 9.59 Å². The van der Waals surface area contributed by atoms with Crippen molar-refractivity contribution in [3.05, 3.63) is 0 Å². The number of hydrogen-bond donors (Lipinski definition) is 1. The molecular weight excluding hydrogens is 468 g/mol. The smallest absolute Gasteiger partial charge is 0.223 e. The molecular formula is C34H68N2O2. The minimum Gasteiger partial charge on any atom is -0.369 e. The van der Waals surface area contributed by atoms with Crippen molar-refractivity contribution in [1.29, 1.82) is 0 Å². The molecule has 0 saturated heterocycles. The SMILES string of the molecule is CCCCCCCCCCCCCCN(CCCCCCCCCCCCCC)C(=O)CC(CC)C(N)=O. The fourth-order valence-corrected chi connectivity index (χ4v) is 5.43. The molecule has 0 aliphatic carbocycles. The largest absolute Gasteiger partial charge is 0.369 e. The molecule has 1 unspecified atom stereocenters. The average molecular weight is 537 g/mol. The van der Waals surface area contributed by atoms with Gasteiger partial charge in [0.2, 0.25) is 11.8 Å². The van der Waals surface area contributed by atoms with Gasteiger partial charge in [0.25, 0.3) is 0 Å². The van der Waals surface area contributed by atoms with Gasteiger partial charge >= 0.3 is 0 Å². The van der Waals surface area contributed by atoms with Gasteiger partial charge in [-0.1, -0.05) is 162 Å². The summed E-state index contributed by atoms with van der Waals surface area (Å²) in [6.07, 6.45) is 32.8. The van der Waals surface area contributed by atoms with Gasteiger partial charge in [0.05, 0.1) is 0 Å². The first-order valence-electron chi connectivity index (χ1n) is 17.1. The van der Waals surface area contributed by atoms with E-state index in [2.05, 4.69) is 13.8 Å². The van der Waals surface area contributed by atoms with Gasteiger partial charge in [-0.2, -0.15) is 0 Å². The molecule has 0 aliphatic rings. The predicted octanol–water partition coefficient (Wildman–Crippen LogP) is 10.1. The fourth-order valence-electron chi connectivity index (χ4n) is 5.43. The third-order valence-corrected chi connectivity index (χ3v) is 8.23. The molecule has 1 atom stereocenters. The monoisotopic (exact) mass is 537 g/mol. The lowest BCUT2D eigenvalue weighted by atomic mass is 10.0. The number of hydrogen-bond acceptors (Lipinski definition) is 2. The zero-order valence-corrected chi connectivity index (χ0v) is 26.2. The van der Waals surface area contributed by atoms with Crippen LogP contribution in [0.5, 0.6) is 0 Å². The van der Waals surface area contributed by atoms with Gasteiger partial charge in [-0.15, -0.1) is 0 Å². The van der Waals surface area contributed by atoms with E-state index >= 15 is 0 Å². The van der Waals surface area contributed by atoms with Crippen molar-refractivity contribution in [1.82, 2.24) is 4.90 Å². The summed E-state index contributed by atoms with van der Waals surface area (Å²) in [5.74, 6) is -0.535. The second kappa shape index (κ2) is 28.9. The number of unbranched alkanes of at least 4 members (excludes halogenated alkanes) is 22. The van der Waals surface area contributed by atoms with Crippen LogP contribution < -0.4 is 5.73 Å². The Labute approximate surface area is 238 Å². The average Bonchev–Trinajstić information content (AvgIpc) is 2.91. The second-order valence-corrected chi connectivity index (χ2v) is 11.9. The van der Waals surface area contributed by atoms with Gasteiger partial charge in [-0.25, -0.2) is 0 Å². The molecule has 0 fully saturated rings. The normalized spacial score (nSPS) is 12.1. The highest BCUT2D eigenvalue weighted by atomic mass is 16.2. The van der Waals surface area contributed by atoms with Crippen molar-refractivity contribution in [3.63, 3.8) is 0 Å². The van der Waals surface area contributed by atoms with Gasteiger partial charge in [-0.05, 0) is 19.3 Å². The van der Waals surface area contributed by atoms with E-state index in [1.807, 2.05) is 11.8 Å². The summed E-state index contributed by atoms with van der Waals surface area (Å²) < 4.78 is 0. The van der Waals surface area contributed by atoms with Crippen LogP contribution in [0.1, 0.15) is 188 Å². The summed E-state index contributed by atoms with van der Waals surface area (Å²) in [6.45, 7) is 8.17. The molecule has 0 saturated carbocycles. The summed E-state index contributed by atoms with van der Waals surface area (Å²) >= 11 is 0. The summed E-state index contributed by atoms with van der Waals surface area (Å²) in [7, 11) is 0. The third kappa shape index (κ3) is 24.0. The van der Waals surface area contributed by atoms with Crippen LogP contribution in [0.25, 0.3) is 0 Å². The molecule has 2 N–H and O–H groups in total. The molecule has 0 rings (SSSR count). The first-order valence-corrected chi connectivity index (χ1v) is 17.1. The van der Waals surface area contributed by atoms with Crippen molar-refractivity contribution < 1.29 is 9.59 Å². The molecule has 0 aromatic heterocycles. The van der Waals surface area contributed by atoms with Crippen molar-refractivity contribution in [2.24, 2.45) is 11.7 Å². The molecule has 4 heteroatoms. The first-order chi connectivity index (χ1) is 18.6. The lowest BCUT2D eigenvalue weighted by Gasteiger charge is -2.24. The minimum atomic E-state index is -0.337. The van der Waals surface area contributed by atoms with Gasteiger partial charge in [0, 0.05) is 25.4 Å². The molecule has 0 radical (unpaired) electrons. The van der Waals surface area contributed by atoms with Crippen molar-refractivity contribution in [2.75, 3.05) is 13.1 Å². The Bertz CT molecular complexity index is 495. The topological polar surface area (TPSA) is 63.4 Å². The number of amides is 2. The molecule has 0 aromatic carbocycles. The zero-order chi connectivity index (χ0) is 28.1. The maximum absolute atomic E-state index is 13.0. The molecule has 38 heavy (non-hydrogen) atoms. The van der Waals surface area contributed by atoms with Crippen LogP contribution in [-0.4, -0.2) is 29.8 Å². The molecule has 2 amide bonds. The number of carbonyl (C=O) groups excluding carboxylic acids is 2. The van der Waals surface area contributed by atoms with E-state index in [1.165, 1.54) is 141 Å². The van der Waals surface area contributed by atoms with Crippen LogP contribution in [0.15, 0.2) is 0 Å². The van der Waals surface area contributed by atoms with Crippen LogP contribution in [0.4, 0.5) is 0 Å². The quantitative estimate of drug-likeness (QED) is 0.0928. The molecule has 0 aliphatic heterocycles. The van der Waals surface area contributed by atoms with Crippen LogP contribution in [0.2, 0.25) is 0 Å². The third-order valence-electron chi connectivity index (χ3n) is 8.23. The zero-order valence-electron chi connectivity index (χ0n) is 26.2. The van der Waals surface area contributed by atoms with E-state index in [-0.39, 0.29) is 24.2 Å². The molecule has 0 aromatic rings. The fraction of sp³-hybridized carbons (Fsp3) is 0.941. The van der Waals surface area contributed by atoms with E-state index in [4.69, 9.17) is 5.73 Å². The summed E-state index contributed by atoms with van der Waals surface area (Å²) in [5.41, 5.74) is 5.53. The molecule has 0 spiro atoms. The number of nitrogens with zero attached hydrogens (tertiary/aromatic N) is 1. The molecule has 0 heterocycles. The lowest BCUT2D eigenvalue weighted by Crippen LogP contribution is -2.36. The van der Waals surface area contributed by atoms with Crippen molar-refractivity contribution in [2.45, 2.75) is 188 Å². The minimum absolute atomic E-state index is 0.127. The standard InChI is InChI=1S/C34H68N2O2/c1-4-7-9-11-13-15-17-19-21-23-25-27-29-36(33(37)31-32(6-3)34(35)38)30-28-26-24-22-20-18-16-14-12-10-8-5-2/h32H,4-31H2,1-3H3,(H2,35,38). The Morgan fingerprint density at radius 3 is 1.05 bits per heavy atom. The Morgan fingerprint density at radius 2 is 0.789 bits per heavy atom. The highest BCUT2D eigenvalue weighted by molar-refractivity contribution is 5.84. The highest BCUT2D eigenvalue weighted by Crippen LogP contribution is 2.16. The maximum atomic E-state index is 13.0. The Kier molecular flexibility index (Phi) is 28.1. The van der Waals surface area contributed by atoms with Crippen LogP contribution >= 0.6 is 0 Å². The van der Waals surface area contributed by atoms with Gasteiger partial charge in [0.15, 0.2) is 0 Å². The van der Waals surface area contributed by atoms with E-state index in [0.717, 1.165) is 25.9 Å². The van der Waals surface area contributed by atoms with Crippen LogP contribution in [0, 0.1) is 5.92 Å². The van der Waals surface area contributed by atoms with E-state index in [1.54, 1.807) is 0 Å². The number of rotatable bonds is 30. The highest BCUT2D eigenvalue weighted by Gasteiger charge is 2.21. The maximum Gasteiger partial charge on any atom is 0.223 e. The van der Waals surface area contributed by atoms with Gasteiger partial charge < -0.3 is 10.6 Å². The Hall–Kier alpha value is -1.06. The van der Waals surface area contributed by atoms with Crippen LogP contribution in [0.3, 0.4) is 0 Å². The molecule has 4 nitrogen and oxygen atoms in total. The number of primary amides is 1. The summed E-state index contributed by atoms with van der Waals surface area (Å²) in [6, 6.07) is 0. The summed E-state index contributed by atoms with van der Waals surface area (Å²) in [5, 5.41) is 0. The lowest BCUT2D eigenvalue weighted by molar-refractivity contribution is -0.135. The Balaban J connectivity index is 4.08. The van der Waals surface area contributed by atoms with E-state index < -0.39 is 0 Å². The Morgan fingerprint density at radius 1 is 0.500 bits per heavy atom. The predicted molar refractivity (Wildman–Crippen MR) is 166 cm³/mol. The van der Waals surface area contributed by atoms with Gasteiger partial charge in [0.1, 0.15) is 0 Å². The number of carbonyl (C=O) groups is 2. The summed E-state index contributed by atoms with van der Waals surface area (Å²) in [4.78, 5) is 26.7. The first kappa shape index (κ1) is 36.9. The van der Waals surface area contributed by atoms with Crippen LogP contribution in [-0.2, 0) is 9.59 Å². The van der Waals surface area contributed by atoms with Crippen molar-refractivity contribution in [3.8, 4) is 0 Å². The van der Waals surface area contributed by atoms with E-state index in [0.29, 0.717) is 6.42 Å². The second-order valence-electron chi connectivity index (χ2n) is 11.9. The van der Waals surface area contributed by atoms with Crippen molar-refractivity contribution >= 4 is 11.8 Å². The molecule has 226 valence electrons. The number of nitrogens with two attached hydrogens (primary N) is 1. The molecule has 0 bridgehead atoms.